The number of benzene rings is 1. The van der Waals surface area contributed by atoms with Crippen molar-refractivity contribution < 1.29 is 19.7 Å². The smallest absolute Gasteiger partial charge is 0.255 e. The van der Waals surface area contributed by atoms with Gasteiger partial charge in [0.25, 0.3) is 5.91 Å². The summed E-state index contributed by atoms with van der Waals surface area (Å²) in [6.45, 7) is 3.40. The molecule has 1 aromatic carbocycles. The van der Waals surface area contributed by atoms with Gasteiger partial charge in [-0.1, -0.05) is 0 Å². The largest absolute Gasteiger partial charge is 0.508 e. The molecule has 0 bridgehead atoms. The lowest BCUT2D eigenvalue weighted by atomic mass is 9.92. The van der Waals surface area contributed by atoms with Gasteiger partial charge in [-0.2, -0.15) is 0 Å². The molecular formula is C14H19NO4. The summed E-state index contributed by atoms with van der Waals surface area (Å²) in [5, 5.41) is 21.9. The summed E-state index contributed by atoms with van der Waals surface area (Å²) in [6.07, 6.45) is 1.85. The van der Waals surface area contributed by atoms with Gasteiger partial charge in [0.15, 0.2) is 0 Å². The molecule has 104 valence electrons. The SMILES string of the molecule is CC(NC(=O)c1cc(O)ccc1O)C1CCOCC1. The standard InChI is InChI=1S/C14H19NO4/c1-9(10-4-6-19-7-5-10)15-14(18)12-8-11(16)2-3-13(12)17/h2-3,8-10,16-17H,4-7H2,1H3,(H,15,18). The Morgan fingerprint density at radius 1 is 1.37 bits per heavy atom. The van der Waals surface area contributed by atoms with Gasteiger partial charge < -0.3 is 20.3 Å². The van der Waals surface area contributed by atoms with Crippen LogP contribution < -0.4 is 5.32 Å². The molecule has 1 unspecified atom stereocenters. The number of hydrogen-bond donors (Lipinski definition) is 3. The molecule has 1 fully saturated rings. The van der Waals surface area contributed by atoms with Gasteiger partial charge in [0, 0.05) is 19.3 Å². The van der Waals surface area contributed by atoms with Gasteiger partial charge in [0.1, 0.15) is 11.5 Å². The molecular weight excluding hydrogens is 246 g/mol. The maximum absolute atomic E-state index is 12.1. The van der Waals surface area contributed by atoms with Gasteiger partial charge in [0.05, 0.1) is 5.56 Å². The van der Waals surface area contributed by atoms with Crippen LogP contribution in [0, 0.1) is 5.92 Å². The van der Waals surface area contributed by atoms with Gasteiger partial charge in [-0.3, -0.25) is 4.79 Å². The van der Waals surface area contributed by atoms with E-state index in [0.717, 1.165) is 26.1 Å². The van der Waals surface area contributed by atoms with Gasteiger partial charge >= 0.3 is 0 Å². The van der Waals surface area contributed by atoms with Crippen LogP contribution in [0.1, 0.15) is 30.1 Å². The highest BCUT2D eigenvalue weighted by molar-refractivity contribution is 5.97. The predicted molar refractivity (Wildman–Crippen MR) is 70.2 cm³/mol. The van der Waals surface area contributed by atoms with E-state index in [1.54, 1.807) is 0 Å². The predicted octanol–water partition coefficient (Wildman–Crippen LogP) is 1.64. The number of rotatable bonds is 3. The Labute approximate surface area is 112 Å². The van der Waals surface area contributed by atoms with Gasteiger partial charge in [0.2, 0.25) is 0 Å². The summed E-state index contributed by atoms with van der Waals surface area (Å²) < 4.78 is 5.29. The van der Waals surface area contributed by atoms with Gasteiger partial charge in [-0.05, 0) is 43.9 Å². The number of hydrogen-bond acceptors (Lipinski definition) is 4. The molecule has 1 aliphatic rings. The maximum atomic E-state index is 12.1. The fourth-order valence-corrected chi connectivity index (χ4v) is 2.32. The second-order valence-electron chi connectivity index (χ2n) is 4.91. The highest BCUT2D eigenvalue weighted by Crippen LogP contribution is 2.23. The number of ether oxygens (including phenoxy) is 1. The number of phenolic OH excluding ortho intramolecular Hbond substituents is 2. The average Bonchev–Trinajstić information content (AvgIpc) is 2.42. The number of carbonyl (C=O) groups excluding carboxylic acids is 1. The second-order valence-corrected chi connectivity index (χ2v) is 4.91. The zero-order chi connectivity index (χ0) is 13.8. The minimum absolute atomic E-state index is 0.0122. The van der Waals surface area contributed by atoms with E-state index in [9.17, 15) is 15.0 Å². The van der Waals surface area contributed by atoms with Crippen molar-refractivity contribution in [1.29, 1.82) is 0 Å². The van der Waals surface area contributed by atoms with Crippen LogP contribution in [0.2, 0.25) is 0 Å². The first kappa shape index (κ1) is 13.7. The lowest BCUT2D eigenvalue weighted by Gasteiger charge is -2.28. The quantitative estimate of drug-likeness (QED) is 0.726. The summed E-state index contributed by atoms with van der Waals surface area (Å²) in [5.41, 5.74) is 0.0962. The molecule has 0 saturated carbocycles. The van der Waals surface area contributed by atoms with Crippen LogP contribution in [0.4, 0.5) is 0 Å². The Morgan fingerprint density at radius 2 is 2.05 bits per heavy atom. The number of amides is 1. The topological polar surface area (TPSA) is 78.8 Å². The fourth-order valence-electron chi connectivity index (χ4n) is 2.32. The number of nitrogens with one attached hydrogen (secondary N) is 1. The zero-order valence-electron chi connectivity index (χ0n) is 10.9. The van der Waals surface area contributed by atoms with Crippen molar-refractivity contribution in [2.45, 2.75) is 25.8 Å². The van der Waals surface area contributed by atoms with E-state index < -0.39 is 0 Å². The van der Waals surface area contributed by atoms with Gasteiger partial charge in [-0.25, -0.2) is 0 Å². The average molecular weight is 265 g/mol. The van der Waals surface area contributed by atoms with Crippen molar-refractivity contribution >= 4 is 5.91 Å². The van der Waals surface area contributed by atoms with Crippen molar-refractivity contribution in [3.05, 3.63) is 23.8 Å². The van der Waals surface area contributed by atoms with Crippen LogP contribution in [0.5, 0.6) is 11.5 Å². The Morgan fingerprint density at radius 3 is 2.74 bits per heavy atom. The molecule has 1 saturated heterocycles. The van der Waals surface area contributed by atoms with E-state index in [0.29, 0.717) is 5.92 Å². The van der Waals surface area contributed by atoms with Gasteiger partial charge in [-0.15, -0.1) is 0 Å². The third-order valence-electron chi connectivity index (χ3n) is 3.56. The molecule has 0 spiro atoms. The first-order chi connectivity index (χ1) is 9.08. The Balaban J connectivity index is 2.01. The summed E-state index contributed by atoms with van der Waals surface area (Å²) in [4.78, 5) is 12.1. The van der Waals surface area contributed by atoms with Crippen LogP contribution in [-0.2, 0) is 4.74 Å². The van der Waals surface area contributed by atoms with Crippen molar-refractivity contribution in [1.82, 2.24) is 5.32 Å². The van der Waals surface area contributed by atoms with Crippen molar-refractivity contribution in [2.75, 3.05) is 13.2 Å². The molecule has 0 aliphatic carbocycles. The fraction of sp³-hybridized carbons (Fsp3) is 0.500. The first-order valence-corrected chi connectivity index (χ1v) is 6.48. The highest BCUT2D eigenvalue weighted by atomic mass is 16.5. The summed E-state index contributed by atoms with van der Waals surface area (Å²) in [5.74, 6) is -0.152. The van der Waals surface area contributed by atoms with Crippen molar-refractivity contribution in [3.63, 3.8) is 0 Å². The van der Waals surface area contributed by atoms with Crippen molar-refractivity contribution in [2.24, 2.45) is 5.92 Å². The van der Waals surface area contributed by atoms with E-state index in [-0.39, 0.29) is 29.0 Å². The van der Waals surface area contributed by atoms with Crippen LogP contribution in [0.25, 0.3) is 0 Å². The van der Waals surface area contributed by atoms with Crippen LogP contribution in [-0.4, -0.2) is 35.4 Å². The first-order valence-electron chi connectivity index (χ1n) is 6.48. The maximum Gasteiger partial charge on any atom is 0.255 e. The third kappa shape index (κ3) is 3.38. The molecule has 3 N–H and O–H groups in total. The molecule has 1 atom stereocenters. The summed E-state index contributed by atoms with van der Waals surface area (Å²) in [6, 6.07) is 3.93. The van der Waals surface area contributed by atoms with E-state index in [2.05, 4.69) is 5.32 Å². The molecule has 1 aromatic rings. The lowest BCUT2D eigenvalue weighted by molar-refractivity contribution is 0.0538. The molecule has 1 amide bonds. The van der Waals surface area contributed by atoms with E-state index in [1.807, 2.05) is 6.92 Å². The molecule has 19 heavy (non-hydrogen) atoms. The van der Waals surface area contributed by atoms with E-state index >= 15 is 0 Å². The molecule has 1 heterocycles. The highest BCUT2D eigenvalue weighted by Gasteiger charge is 2.23. The normalized spacial score (nSPS) is 17.9. The summed E-state index contributed by atoms with van der Waals surface area (Å²) >= 11 is 0. The monoisotopic (exact) mass is 265 g/mol. The number of carbonyl (C=O) groups is 1. The molecule has 0 radical (unpaired) electrons. The number of aromatic hydroxyl groups is 2. The zero-order valence-corrected chi connectivity index (χ0v) is 10.9. The summed E-state index contributed by atoms with van der Waals surface area (Å²) in [7, 11) is 0. The van der Waals surface area contributed by atoms with Crippen LogP contribution >= 0.6 is 0 Å². The Bertz CT molecular complexity index is 455. The van der Waals surface area contributed by atoms with E-state index in [4.69, 9.17) is 4.74 Å². The van der Waals surface area contributed by atoms with Crippen LogP contribution in [0.3, 0.4) is 0 Å². The molecule has 5 nitrogen and oxygen atoms in total. The number of phenols is 2. The van der Waals surface area contributed by atoms with Crippen LogP contribution in [0.15, 0.2) is 18.2 Å². The minimum atomic E-state index is -0.368. The third-order valence-corrected chi connectivity index (χ3v) is 3.56. The molecule has 1 aliphatic heterocycles. The van der Waals surface area contributed by atoms with E-state index in [1.165, 1.54) is 18.2 Å². The second kappa shape index (κ2) is 5.93. The Hall–Kier alpha value is -1.75. The van der Waals surface area contributed by atoms with Crippen molar-refractivity contribution in [3.8, 4) is 11.5 Å². The molecule has 0 aromatic heterocycles. The molecule has 2 rings (SSSR count). The molecule has 5 heteroatoms. The lowest BCUT2D eigenvalue weighted by Crippen LogP contribution is -2.40. The Kier molecular flexibility index (Phi) is 4.27. The minimum Gasteiger partial charge on any atom is -0.508 e.